The molecule has 0 saturated carbocycles. The number of sulfone groups is 1. The molecular weight excluding hydrogens is 398 g/mol. The summed E-state index contributed by atoms with van der Waals surface area (Å²) in [5, 5.41) is 0. The number of ketones is 1. The number of hydrogen-bond acceptors (Lipinski definition) is 6. The molecule has 0 amide bonds. The molecule has 8 heteroatoms. The van der Waals surface area contributed by atoms with Crippen molar-refractivity contribution in [1.82, 2.24) is 4.57 Å². The zero-order valence-corrected chi connectivity index (χ0v) is 18.2. The first-order valence-corrected chi connectivity index (χ1v) is 11.9. The average Bonchev–Trinajstić information content (AvgIpc) is 3.27. The minimum absolute atomic E-state index is 0.101. The Morgan fingerprint density at radius 3 is 2.54 bits per heavy atom. The quantitative estimate of drug-likeness (QED) is 0.525. The highest BCUT2D eigenvalue weighted by Gasteiger charge is 2.31. The predicted molar refractivity (Wildman–Crippen MR) is 109 cm³/mol. The van der Waals surface area contributed by atoms with Crippen LogP contribution in [0.25, 0.3) is 0 Å². The first-order valence-electron chi connectivity index (χ1n) is 9.31. The van der Waals surface area contributed by atoms with Gasteiger partial charge in [-0.25, -0.2) is 13.2 Å². The first-order chi connectivity index (χ1) is 13.1. The van der Waals surface area contributed by atoms with Gasteiger partial charge in [0.25, 0.3) is 0 Å². The van der Waals surface area contributed by atoms with Crippen LogP contribution in [0.4, 0.5) is 0 Å². The van der Waals surface area contributed by atoms with Gasteiger partial charge < -0.3 is 9.30 Å². The van der Waals surface area contributed by atoms with E-state index in [4.69, 9.17) is 4.74 Å². The Bertz CT molecular complexity index is 1030. The van der Waals surface area contributed by atoms with Crippen LogP contribution < -0.4 is 0 Å². The molecule has 1 aliphatic rings. The minimum atomic E-state index is -3.02. The summed E-state index contributed by atoms with van der Waals surface area (Å²) in [5.41, 5.74) is 3.10. The number of nitrogens with zero attached hydrogens (tertiary/aromatic N) is 1. The molecule has 3 heterocycles. The molecule has 2 aromatic heterocycles. The van der Waals surface area contributed by atoms with Crippen LogP contribution in [0.2, 0.25) is 0 Å². The molecule has 0 bridgehead atoms. The van der Waals surface area contributed by atoms with Crippen molar-refractivity contribution < 1.29 is 22.7 Å². The van der Waals surface area contributed by atoms with E-state index in [1.54, 1.807) is 12.1 Å². The lowest BCUT2D eigenvalue weighted by molar-refractivity contribution is 0.0479. The van der Waals surface area contributed by atoms with E-state index in [2.05, 4.69) is 0 Å². The number of esters is 1. The summed E-state index contributed by atoms with van der Waals surface area (Å²) in [6, 6.07) is 3.40. The molecule has 0 aromatic carbocycles. The van der Waals surface area contributed by atoms with Gasteiger partial charge in [-0.15, -0.1) is 11.3 Å². The SMILES string of the molecule is CCc1sc(C(=O)OCC(=O)c2cc(C)n([C@H]3CCS(=O)(=O)C3)c2C)cc1C. The van der Waals surface area contributed by atoms with Crippen molar-refractivity contribution in [3.63, 3.8) is 0 Å². The average molecular weight is 424 g/mol. The fourth-order valence-corrected chi connectivity index (χ4v) is 6.56. The predicted octanol–water partition coefficient (Wildman–Crippen LogP) is 3.44. The third-order valence-corrected chi connectivity index (χ3v) is 8.35. The number of thiophene rings is 1. The van der Waals surface area contributed by atoms with Gasteiger partial charge in [-0.1, -0.05) is 6.92 Å². The van der Waals surface area contributed by atoms with Gasteiger partial charge in [0.05, 0.1) is 11.5 Å². The molecule has 1 aliphatic heterocycles. The number of rotatable bonds is 6. The fourth-order valence-electron chi connectivity index (χ4n) is 3.85. The summed E-state index contributed by atoms with van der Waals surface area (Å²) in [6.45, 7) is 7.33. The van der Waals surface area contributed by atoms with Gasteiger partial charge in [0.2, 0.25) is 5.78 Å². The second kappa shape index (κ2) is 7.83. The van der Waals surface area contributed by atoms with Crippen LogP contribution in [0.15, 0.2) is 12.1 Å². The highest BCUT2D eigenvalue weighted by atomic mass is 32.2. The second-order valence-corrected chi connectivity index (χ2v) is 10.6. The van der Waals surface area contributed by atoms with E-state index in [9.17, 15) is 18.0 Å². The van der Waals surface area contributed by atoms with Crippen molar-refractivity contribution in [2.45, 2.75) is 46.6 Å². The maximum Gasteiger partial charge on any atom is 0.348 e. The summed E-state index contributed by atoms with van der Waals surface area (Å²) >= 11 is 1.39. The Hall–Kier alpha value is -1.93. The number of aromatic nitrogens is 1. The van der Waals surface area contributed by atoms with Gasteiger partial charge >= 0.3 is 5.97 Å². The van der Waals surface area contributed by atoms with Crippen LogP contribution in [0.5, 0.6) is 0 Å². The third kappa shape index (κ3) is 4.07. The van der Waals surface area contributed by atoms with Crippen molar-refractivity contribution in [1.29, 1.82) is 0 Å². The maximum absolute atomic E-state index is 12.6. The summed E-state index contributed by atoms with van der Waals surface area (Å²) in [7, 11) is -3.02. The van der Waals surface area contributed by atoms with E-state index in [-0.39, 0.29) is 29.9 Å². The number of ether oxygens (including phenoxy) is 1. The Morgan fingerprint density at radius 2 is 1.96 bits per heavy atom. The van der Waals surface area contributed by atoms with Gasteiger partial charge in [-0.2, -0.15) is 0 Å². The second-order valence-electron chi connectivity index (χ2n) is 7.28. The number of aryl methyl sites for hydroxylation is 3. The molecular formula is C20H25NO5S2. The van der Waals surface area contributed by atoms with Crippen LogP contribution in [0.3, 0.4) is 0 Å². The molecule has 1 fully saturated rings. The molecule has 0 spiro atoms. The van der Waals surface area contributed by atoms with Crippen LogP contribution in [0, 0.1) is 20.8 Å². The Kier molecular flexibility index (Phi) is 5.82. The fraction of sp³-hybridized carbons (Fsp3) is 0.500. The minimum Gasteiger partial charge on any atom is -0.453 e. The zero-order chi connectivity index (χ0) is 20.6. The molecule has 1 atom stereocenters. The van der Waals surface area contributed by atoms with E-state index in [0.717, 1.165) is 28.2 Å². The molecule has 0 radical (unpaired) electrons. The normalized spacial score (nSPS) is 18.4. The standard InChI is InChI=1S/C20H25NO5S2/c1-5-18-12(2)8-19(27-18)20(23)26-10-17(22)16-9-13(3)21(14(16)4)15-6-7-28(24,25)11-15/h8-9,15H,5-7,10-11H2,1-4H3/t15-/m0/s1. The Morgan fingerprint density at radius 1 is 1.25 bits per heavy atom. The van der Waals surface area contributed by atoms with Crippen LogP contribution in [0.1, 0.15) is 61.2 Å². The number of carbonyl (C=O) groups excluding carboxylic acids is 2. The summed E-state index contributed by atoms with van der Waals surface area (Å²) < 4.78 is 30.8. The molecule has 2 aromatic rings. The summed E-state index contributed by atoms with van der Waals surface area (Å²) in [4.78, 5) is 26.5. The van der Waals surface area contributed by atoms with Crippen molar-refractivity contribution >= 4 is 32.9 Å². The van der Waals surface area contributed by atoms with Gasteiger partial charge in [-0.05, 0) is 51.3 Å². The molecule has 3 rings (SSSR count). The third-order valence-electron chi connectivity index (χ3n) is 5.24. The zero-order valence-electron chi connectivity index (χ0n) is 16.6. The molecule has 0 aliphatic carbocycles. The van der Waals surface area contributed by atoms with E-state index >= 15 is 0 Å². The lowest BCUT2D eigenvalue weighted by Gasteiger charge is -2.16. The number of hydrogen-bond donors (Lipinski definition) is 0. The Labute approximate surface area is 169 Å². The smallest absolute Gasteiger partial charge is 0.348 e. The summed E-state index contributed by atoms with van der Waals surface area (Å²) in [6.07, 6.45) is 1.41. The molecule has 152 valence electrons. The topological polar surface area (TPSA) is 82.4 Å². The molecule has 0 unspecified atom stereocenters. The van der Waals surface area contributed by atoms with E-state index in [1.165, 1.54) is 11.3 Å². The molecule has 28 heavy (non-hydrogen) atoms. The van der Waals surface area contributed by atoms with Crippen LogP contribution >= 0.6 is 11.3 Å². The largest absolute Gasteiger partial charge is 0.453 e. The van der Waals surface area contributed by atoms with E-state index < -0.39 is 15.8 Å². The van der Waals surface area contributed by atoms with Crippen molar-refractivity contribution in [3.8, 4) is 0 Å². The number of Topliss-reactive ketones (excluding diaryl/α,β-unsaturated/α-hetero) is 1. The van der Waals surface area contributed by atoms with E-state index in [1.807, 2.05) is 32.3 Å². The highest BCUT2D eigenvalue weighted by molar-refractivity contribution is 7.91. The van der Waals surface area contributed by atoms with Crippen LogP contribution in [-0.2, 0) is 21.0 Å². The maximum atomic E-state index is 12.6. The van der Waals surface area contributed by atoms with Gasteiger partial charge in [0, 0.05) is 27.9 Å². The van der Waals surface area contributed by atoms with Gasteiger partial charge in [0.1, 0.15) is 4.88 Å². The van der Waals surface area contributed by atoms with Crippen molar-refractivity contribution in [2.24, 2.45) is 0 Å². The van der Waals surface area contributed by atoms with Crippen molar-refractivity contribution in [3.05, 3.63) is 44.4 Å². The lowest BCUT2D eigenvalue weighted by Crippen LogP contribution is -2.16. The Balaban J connectivity index is 1.71. The molecule has 0 N–H and O–H groups in total. The van der Waals surface area contributed by atoms with Crippen molar-refractivity contribution in [2.75, 3.05) is 18.1 Å². The first kappa shape index (κ1) is 20.8. The van der Waals surface area contributed by atoms with Gasteiger partial charge in [0.15, 0.2) is 16.4 Å². The lowest BCUT2D eigenvalue weighted by atomic mass is 10.1. The molecule has 6 nitrogen and oxygen atoms in total. The van der Waals surface area contributed by atoms with Gasteiger partial charge in [-0.3, -0.25) is 4.79 Å². The van der Waals surface area contributed by atoms with Crippen LogP contribution in [-0.4, -0.2) is 42.9 Å². The monoisotopic (exact) mass is 423 g/mol. The van der Waals surface area contributed by atoms with E-state index in [0.29, 0.717) is 16.9 Å². The number of carbonyl (C=O) groups is 2. The summed E-state index contributed by atoms with van der Waals surface area (Å²) in [5.74, 6) is -0.492. The highest BCUT2D eigenvalue weighted by Crippen LogP contribution is 2.29. The molecule has 1 saturated heterocycles.